The molecule has 104 valence electrons. The summed E-state index contributed by atoms with van der Waals surface area (Å²) in [5, 5.41) is 10.9. The Balaban J connectivity index is 3.34. The fourth-order valence-corrected chi connectivity index (χ4v) is 2.47. The number of hydrazine groups is 1. The van der Waals surface area contributed by atoms with Crippen molar-refractivity contribution in [1.29, 1.82) is 0 Å². The molecule has 0 aliphatic carbocycles. The van der Waals surface area contributed by atoms with E-state index < -0.39 is 38.0 Å². The van der Waals surface area contributed by atoms with E-state index in [9.17, 15) is 23.3 Å². The maximum absolute atomic E-state index is 11.8. The molecule has 0 aromatic heterocycles. The van der Waals surface area contributed by atoms with Gasteiger partial charge in [-0.2, -0.15) is 0 Å². The summed E-state index contributed by atoms with van der Waals surface area (Å²) in [6.45, 7) is -0.667. The summed E-state index contributed by atoms with van der Waals surface area (Å²) in [6, 6.07) is 3.52. The Labute approximate surface area is 107 Å². The van der Waals surface area contributed by atoms with E-state index in [1.807, 2.05) is 10.1 Å². The van der Waals surface area contributed by atoms with Crippen LogP contribution in [0.4, 0.5) is 11.4 Å². The number of nitrogens with zero attached hydrogens (tertiary/aromatic N) is 1. The van der Waals surface area contributed by atoms with Crippen LogP contribution in [-0.2, 0) is 14.8 Å². The van der Waals surface area contributed by atoms with E-state index in [2.05, 4.69) is 0 Å². The number of benzene rings is 1. The van der Waals surface area contributed by atoms with Gasteiger partial charge >= 0.3 is 5.69 Å². The molecule has 0 atom stereocenters. The van der Waals surface area contributed by atoms with Crippen molar-refractivity contribution in [2.24, 2.45) is 11.6 Å². The molecule has 1 amide bonds. The molecule has 10 nitrogen and oxygen atoms in total. The number of hydrogen-bond acceptors (Lipinski definition) is 7. The Morgan fingerprint density at radius 3 is 2.53 bits per heavy atom. The zero-order valence-corrected chi connectivity index (χ0v) is 10.3. The van der Waals surface area contributed by atoms with Crippen molar-refractivity contribution in [3.05, 3.63) is 28.3 Å². The highest BCUT2D eigenvalue weighted by Crippen LogP contribution is 2.30. The average molecular weight is 289 g/mol. The molecule has 0 saturated heterocycles. The molecule has 0 aliphatic heterocycles. The molecule has 0 aliphatic rings. The fraction of sp³-hybridized carbons (Fsp3) is 0.125. The molecule has 0 heterocycles. The first-order chi connectivity index (χ1) is 8.79. The van der Waals surface area contributed by atoms with Crippen LogP contribution in [0.3, 0.4) is 0 Å². The first kappa shape index (κ1) is 14.8. The van der Waals surface area contributed by atoms with Crippen molar-refractivity contribution in [2.75, 3.05) is 12.0 Å². The third-order valence-corrected chi connectivity index (χ3v) is 3.50. The lowest BCUT2D eigenvalue weighted by Gasteiger charge is -2.08. The van der Waals surface area contributed by atoms with Gasteiger partial charge in [-0.1, -0.05) is 6.07 Å². The van der Waals surface area contributed by atoms with E-state index in [0.29, 0.717) is 0 Å². The van der Waals surface area contributed by atoms with Gasteiger partial charge in [-0.05, 0) is 12.1 Å². The smallest absolute Gasteiger partial charge is 0.313 e. The van der Waals surface area contributed by atoms with E-state index in [4.69, 9.17) is 11.6 Å². The summed E-state index contributed by atoms with van der Waals surface area (Å²) >= 11 is 0. The van der Waals surface area contributed by atoms with Crippen LogP contribution in [0.25, 0.3) is 0 Å². The first-order valence-electron chi connectivity index (χ1n) is 4.81. The van der Waals surface area contributed by atoms with Crippen molar-refractivity contribution >= 4 is 27.3 Å². The topological polar surface area (TPSA) is 170 Å². The molecule has 1 aromatic rings. The molecule has 11 heteroatoms. The minimum Gasteiger partial charge on any atom is -0.369 e. The van der Waals surface area contributed by atoms with Crippen molar-refractivity contribution in [3.8, 4) is 0 Å². The van der Waals surface area contributed by atoms with Gasteiger partial charge in [0.05, 0.1) is 11.5 Å². The largest absolute Gasteiger partial charge is 0.369 e. The number of amides is 1. The van der Waals surface area contributed by atoms with Crippen LogP contribution in [0, 0.1) is 10.1 Å². The lowest BCUT2D eigenvalue weighted by Crippen LogP contribution is -2.33. The maximum Gasteiger partial charge on any atom is 0.313 e. The van der Waals surface area contributed by atoms with E-state index >= 15 is 0 Å². The number of anilines is 1. The van der Waals surface area contributed by atoms with Gasteiger partial charge in [0, 0.05) is 0 Å². The molecule has 1 aromatic carbocycles. The predicted octanol–water partition coefficient (Wildman–Crippen LogP) is -1.36. The van der Waals surface area contributed by atoms with Crippen molar-refractivity contribution in [2.45, 2.75) is 4.90 Å². The zero-order valence-electron chi connectivity index (χ0n) is 9.49. The van der Waals surface area contributed by atoms with E-state index in [1.54, 1.807) is 0 Å². The molecule has 1 rings (SSSR count). The third-order valence-electron chi connectivity index (χ3n) is 2.06. The van der Waals surface area contributed by atoms with Crippen LogP contribution in [0.2, 0.25) is 0 Å². The second kappa shape index (κ2) is 5.60. The molecule has 6 N–H and O–H groups in total. The van der Waals surface area contributed by atoms with Crippen LogP contribution < -0.4 is 21.7 Å². The van der Waals surface area contributed by atoms with Gasteiger partial charge in [-0.25, -0.2) is 13.1 Å². The number of sulfonamides is 1. The molecule has 0 fully saturated rings. The van der Waals surface area contributed by atoms with Crippen LogP contribution >= 0.6 is 0 Å². The first-order valence-corrected chi connectivity index (χ1v) is 6.30. The molecular weight excluding hydrogens is 278 g/mol. The number of hydrogen-bond donors (Lipinski definition) is 4. The van der Waals surface area contributed by atoms with Gasteiger partial charge in [-0.15, -0.1) is 0 Å². The summed E-state index contributed by atoms with van der Waals surface area (Å²) in [5.41, 5.74) is 5.93. The second-order valence-electron chi connectivity index (χ2n) is 3.34. The Kier molecular flexibility index (Phi) is 4.37. The number of carbonyl (C=O) groups excluding carboxylic acids is 1. The van der Waals surface area contributed by atoms with Crippen molar-refractivity contribution < 1.29 is 18.1 Å². The van der Waals surface area contributed by atoms with Gasteiger partial charge in [0.1, 0.15) is 5.69 Å². The number of nitro groups is 1. The fourth-order valence-electron chi connectivity index (χ4n) is 1.29. The summed E-state index contributed by atoms with van der Waals surface area (Å²) < 4.78 is 25.5. The van der Waals surface area contributed by atoms with Gasteiger partial charge in [-0.3, -0.25) is 20.8 Å². The molecule has 19 heavy (non-hydrogen) atoms. The Hall–Kier alpha value is -2.24. The average Bonchev–Trinajstić information content (AvgIpc) is 2.35. The number of nitrogens with two attached hydrogens (primary N) is 2. The van der Waals surface area contributed by atoms with Gasteiger partial charge < -0.3 is 11.2 Å². The monoisotopic (exact) mass is 289 g/mol. The molecule has 0 spiro atoms. The third kappa shape index (κ3) is 3.37. The van der Waals surface area contributed by atoms with Crippen molar-refractivity contribution in [1.82, 2.24) is 4.72 Å². The number of rotatable bonds is 6. The number of nitrogen functional groups attached to an aromatic ring is 1. The van der Waals surface area contributed by atoms with E-state index in [0.717, 1.165) is 6.07 Å². The molecule has 0 saturated carbocycles. The number of para-hydroxylation sites is 1. The molecule has 0 bridgehead atoms. The number of primary amides is 1. The molecular formula is C8H11N5O5S. The number of carbonyl (C=O) groups is 1. The van der Waals surface area contributed by atoms with Gasteiger partial charge in [0.15, 0.2) is 4.90 Å². The van der Waals surface area contributed by atoms with E-state index in [1.165, 1.54) is 12.1 Å². The maximum atomic E-state index is 11.8. The highest BCUT2D eigenvalue weighted by molar-refractivity contribution is 7.89. The van der Waals surface area contributed by atoms with Gasteiger partial charge in [0.2, 0.25) is 15.9 Å². The summed E-state index contributed by atoms with van der Waals surface area (Å²) in [7, 11) is -4.25. The quantitative estimate of drug-likeness (QED) is 0.284. The van der Waals surface area contributed by atoms with Crippen LogP contribution in [0.1, 0.15) is 0 Å². The minimum atomic E-state index is -4.25. The Morgan fingerprint density at radius 2 is 2.05 bits per heavy atom. The van der Waals surface area contributed by atoms with Crippen molar-refractivity contribution in [3.63, 3.8) is 0 Å². The lowest BCUT2D eigenvalue weighted by molar-refractivity contribution is -0.386. The molecule has 0 unspecified atom stereocenters. The van der Waals surface area contributed by atoms with Gasteiger partial charge in [0.25, 0.3) is 0 Å². The number of nitro benzene ring substituents is 1. The summed E-state index contributed by atoms with van der Waals surface area (Å²) in [6.07, 6.45) is 0. The standard InChI is InChI=1S/C8H11N5O5S/c9-7(14)4-11-19(17,18)6-3-1-2-5(12-10)8(6)13(15)16/h1-3,11-12H,4,10H2,(H2,9,14). The normalized spacial score (nSPS) is 11.0. The van der Waals surface area contributed by atoms with Crippen LogP contribution in [0.15, 0.2) is 23.1 Å². The Morgan fingerprint density at radius 1 is 1.42 bits per heavy atom. The SMILES string of the molecule is NNc1cccc(S(=O)(=O)NCC(N)=O)c1[N+](=O)[O-]. The Bertz CT molecular complexity index is 614. The number of nitrogens with one attached hydrogen (secondary N) is 2. The second-order valence-corrected chi connectivity index (χ2v) is 5.08. The zero-order chi connectivity index (χ0) is 14.6. The highest BCUT2D eigenvalue weighted by Gasteiger charge is 2.28. The minimum absolute atomic E-state index is 0.174. The predicted molar refractivity (Wildman–Crippen MR) is 65.3 cm³/mol. The summed E-state index contributed by atoms with van der Waals surface area (Å²) in [4.78, 5) is 19.9. The molecule has 0 radical (unpaired) electrons. The van der Waals surface area contributed by atoms with Crippen LogP contribution in [-0.4, -0.2) is 25.8 Å². The highest BCUT2D eigenvalue weighted by atomic mass is 32.2. The lowest BCUT2D eigenvalue weighted by atomic mass is 10.3. The van der Waals surface area contributed by atoms with E-state index in [-0.39, 0.29) is 5.69 Å². The summed E-state index contributed by atoms with van der Waals surface area (Å²) in [5.74, 6) is 4.16. The van der Waals surface area contributed by atoms with Crippen LogP contribution in [0.5, 0.6) is 0 Å².